The molecule has 0 spiro atoms. The first-order valence-corrected chi connectivity index (χ1v) is 6.29. The molecule has 2 aliphatic heterocycles. The molecule has 0 radical (unpaired) electrons. The molecule has 0 aliphatic carbocycles. The average molecular weight is 231 g/mol. The van der Waals surface area contributed by atoms with Crippen LogP contribution in [0.2, 0.25) is 0 Å². The summed E-state index contributed by atoms with van der Waals surface area (Å²) in [5.74, 6) is 0.441. The van der Waals surface area contributed by atoms with Crippen LogP contribution < -0.4 is 5.32 Å². The standard InChI is InChI=1S/C14H17NO2/c16-14(11-2-1-5-15-7-11)10-3-4-12-8-17-9-13(12)6-10/h3-4,6,11,15H,1-2,5,7-9H2. The summed E-state index contributed by atoms with van der Waals surface area (Å²) < 4.78 is 5.37. The molecule has 1 saturated heterocycles. The van der Waals surface area contributed by atoms with Crippen LogP contribution in [-0.4, -0.2) is 18.9 Å². The van der Waals surface area contributed by atoms with Crippen LogP contribution in [0, 0.1) is 5.92 Å². The molecule has 1 atom stereocenters. The zero-order chi connectivity index (χ0) is 11.7. The predicted molar refractivity (Wildman–Crippen MR) is 64.9 cm³/mol. The molecule has 0 aromatic heterocycles. The Morgan fingerprint density at radius 3 is 3.00 bits per heavy atom. The molecule has 1 fully saturated rings. The van der Waals surface area contributed by atoms with Crippen molar-refractivity contribution in [1.29, 1.82) is 0 Å². The molecule has 3 rings (SSSR count). The van der Waals surface area contributed by atoms with Crippen molar-refractivity contribution in [2.24, 2.45) is 5.92 Å². The summed E-state index contributed by atoms with van der Waals surface area (Å²) in [4.78, 5) is 12.3. The number of piperidine rings is 1. The molecule has 1 N–H and O–H groups in total. The van der Waals surface area contributed by atoms with Gasteiger partial charge in [0.2, 0.25) is 0 Å². The summed E-state index contributed by atoms with van der Waals surface area (Å²) in [5, 5.41) is 3.29. The smallest absolute Gasteiger partial charge is 0.167 e. The fraction of sp³-hybridized carbons (Fsp3) is 0.500. The van der Waals surface area contributed by atoms with Crippen LogP contribution >= 0.6 is 0 Å². The van der Waals surface area contributed by atoms with Gasteiger partial charge in [-0.25, -0.2) is 0 Å². The lowest BCUT2D eigenvalue weighted by Crippen LogP contribution is -2.34. The molecular weight excluding hydrogens is 214 g/mol. The van der Waals surface area contributed by atoms with E-state index in [1.54, 1.807) is 0 Å². The summed E-state index contributed by atoms with van der Waals surface area (Å²) in [5.41, 5.74) is 3.26. The summed E-state index contributed by atoms with van der Waals surface area (Å²) in [6, 6.07) is 6.00. The SMILES string of the molecule is O=C(c1ccc2c(c1)COC2)C1CCCNC1. The first kappa shape index (κ1) is 10.9. The first-order valence-electron chi connectivity index (χ1n) is 6.29. The highest BCUT2D eigenvalue weighted by atomic mass is 16.5. The second kappa shape index (κ2) is 4.59. The van der Waals surface area contributed by atoms with Crippen LogP contribution in [0.4, 0.5) is 0 Å². The van der Waals surface area contributed by atoms with Crippen molar-refractivity contribution in [3.8, 4) is 0 Å². The third-order valence-electron chi connectivity index (χ3n) is 3.67. The second-order valence-electron chi connectivity index (χ2n) is 4.88. The average Bonchev–Trinajstić information content (AvgIpc) is 2.86. The third kappa shape index (κ3) is 2.13. The van der Waals surface area contributed by atoms with Gasteiger partial charge in [-0.05, 0) is 36.6 Å². The Kier molecular flexibility index (Phi) is 2.95. The van der Waals surface area contributed by atoms with Gasteiger partial charge in [0.25, 0.3) is 0 Å². The first-order chi connectivity index (χ1) is 8.34. The minimum Gasteiger partial charge on any atom is -0.372 e. The molecule has 3 nitrogen and oxygen atoms in total. The molecule has 0 saturated carbocycles. The topological polar surface area (TPSA) is 38.3 Å². The number of hydrogen-bond donors (Lipinski definition) is 1. The van der Waals surface area contributed by atoms with Crippen molar-refractivity contribution < 1.29 is 9.53 Å². The fourth-order valence-electron chi connectivity index (χ4n) is 2.64. The number of rotatable bonds is 2. The van der Waals surface area contributed by atoms with Crippen LogP contribution in [0.25, 0.3) is 0 Å². The van der Waals surface area contributed by atoms with Crippen LogP contribution in [-0.2, 0) is 18.0 Å². The molecular formula is C14H17NO2. The highest BCUT2D eigenvalue weighted by Crippen LogP contribution is 2.23. The lowest BCUT2D eigenvalue weighted by atomic mass is 9.90. The number of carbonyl (C=O) groups is 1. The van der Waals surface area contributed by atoms with Gasteiger partial charge in [0.15, 0.2) is 5.78 Å². The molecule has 1 unspecified atom stereocenters. The lowest BCUT2D eigenvalue weighted by molar-refractivity contribution is 0.0899. The Labute approximate surface area is 101 Å². The van der Waals surface area contributed by atoms with E-state index in [0.29, 0.717) is 13.2 Å². The molecule has 1 aromatic rings. The quantitative estimate of drug-likeness (QED) is 0.790. The Bertz CT molecular complexity index is 436. The second-order valence-corrected chi connectivity index (χ2v) is 4.88. The van der Waals surface area contributed by atoms with E-state index < -0.39 is 0 Å². The Morgan fingerprint density at radius 1 is 1.29 bits per heavy atom. The van der Waals surface area contributed by atoms with Crippen molar-refractivity contribution >= 4 is 5.78 Å². The van der Waals surface area contributed by atoms with Gasteiger partial charge in [0, 0.05) is 18.0 Å². The van der Waals surface area contributed by atoms with E-state index in [-0.39, 0.29) is 11.7 Å². The summed E-state index contributed by atoms with van der Waals surface area (Å²) in [6.45, 7) is 3.21. The Morgan fingerprint density at radius 2 is 2.18 bits per heavy atom. The van der Waals surface area contributed by atoms with E-state index in [2.05, 4.69) is 5.32 Å². The largest absolute Gasteiger partial charge is 0.372 e. The Hall–Kier alpha value is -1.19. The van der Waals surface area contributed by atoms with Crippen LogP contribution in [0.3, 0.4) is 0 Å². The van der Waals surface area contributed by atoms with Gasteiger partial charge < -0.3 is 10.1 Å². The third-order valence-corrected chi connectivity index (χ3v) is 3.67. The molecule has 2 aliphatic rings. The van der Waals surface area contributed by atoms with Gasteiger partial charge in [-0.3, -0.25) is 4.79 Å². The number of nitrogens with one attached hydrogen (secondary N) is 1. The monoisotopic (exact) mass is 231 g/mol. The number of benzene rings is 1. The van der Waals surface area contributed by atoms with Crippen molar-refractivity contribution in [2.45, 2.75) is 26.1 Å². The molecule has 0 bridgehead atoms. The number of fused-ring (bicyclic) bond motifs is 1. The maximum Gasteiger partial charge on any atom is 0.167 e. The molecule has 90 valence electrons. The fourth-order valence-corrected chi connectivity index (χ4v) is 2.64. The van der Waals surface area contributed by atoms with E-state index in [0.717, 1.165) is 31.5 Å². The van der Waals surface area contributed by atoms with Crippen LogP contribution in [0.15, 0.2) is 18.2 Å². The summed E-state index contributed by atoms with van der Waals surface area (Å²) in [6.07, 6.45) is 2.11. The molecule has 2 heterocycles. The van der Waals surface area contributed by atoms with E-state index in [9.17, 15) is 4.79 Å². The highest BCUT2D eigenvalue weighted by molar-refractivity contribution is 5.98. The lowest BCUT2D eigenvalue weighted by Gasteiger charge is -2.21. The maximum absolute atomic E-state index is 12.3. The number of Topliss-reactive ketones (excluding diaryl/α,β-unsaturated/α-hetero) is 1. The number of ketones is 1. The maximum atomic E-state index is 12.3. The number of ether oxygens (including phenoxy) is 1. The molecule has 0 amide bonds. The predicted octanol–water partition coefficient (Wildman–Crippen LogP) is 1.90. The van der Waals surface area contributed by atoms with Crippen molar-refractivity contribution in [3.05, 3.63) is 34.9 Å². The normalized spacial score (nSPS) is 23.4. The van der Waals surface area contributed by atoms with E-state index in [1.165, 1.54) is 11.1 Å². The summed E-state index contributed by atoms with van der Waals surface area (Å²) in [7, 11) is 0. The van der Waals surface area contributed by atoms with Gasteiger partial charge in [0.05, 0.1) is 13.2 Å². The van der Waals surface area contributed by atoms with Crippen molar-refractivity contribution in [1.82, 2.24) is 5.32 Å². The van der Waals surface area contributed by atoms with Crippen molar-refractivity contribution in [2.75, 3.05) is 13.1 Å². The summed E-state index contributed by atoms with van der Waals surface area (Å²) >= 11 is 0. The van der Waals surface area contributed by atoms with Crippen molar-refractivity contribution in [3.63, 3.8) is 0 Å². The molecule has 3 heteroatoms. The molecule has 17 heavy (non-hydrogen) atoms. The van der Waals surface area contributed by atoms with E-state index in [4.69, 9.17) is 4.74 Å². The molecule has 1 aromatic carbocycles. The van der Waals surface area contributed by atoms with Crippen LogP contribution in [0.1, 0.15) is 34.3 Å². The zero-order valence-corrected chi connectivity index (χ0v) is 9.87. The van der Waals surface area contributed by atoms with Gasteiger partial charge in [-0.15, -0.1) is 0 Å². The Balaban J connectivity index is 1.81. The van der Waals surface area contributed by atoms with E-state index >= 15 is 0 Å². The van der Waals surface area contributed by atoms with Gasteiger partial charge in [-0.2, -0.15) is 0 Å². The van der Waals surface area contributed by atoms with Gasteiger partial charge >= 0.3 is 0 Å². The van der Waals surface area contributed by atoms with Gasteiger partial charge in [0.1, 0.15) is 0 Å². The number of hydrogen-bond acceptors (Lipinski definition) is 3. The zero-order valence-electron chi connectivity index (χ0n) is 9.87. The minimum absolute atomic E-state index is 0.157. The minimum atomic E-state index is 0.157. The van der Waals surface area contributed by atoms with E-state index in [1.807, 2.05) is 18.2 Å². The number of carbonyl (C=O) groups excluding carboxylic acids is 1. The van der Waals surface area contributed by atoms with Crippen LogP contribution in [0.5, 0.6) is 0 Å². The van der Waals surface area contributed by atoms with Gasteiger partial charge in [-0.1, -0.05) is 12.1 Å². The highest BCUT2D eigenvalue weighted by Gasteiger charge is 2.23.